The summed E-state index contributed by atoms with van der Waals surface area (Å²) in [7, 11) is 0. The minimum absolute atomic E-state index is 0. The van der Waals surface area contributed by atoms with Crippen LogP contribution in [0.4, 0.5) is 0 Å². The monoisotopic (exact) mass is 286 g/mol. The number of carbonyl (C=O) groups is 4. The Labute approximate surface area is 130 Å². The first-order valence-electron chi connectivity index (χ1n) is 5.04. The van der Waals surface area contributed by atoms with Gasteiger partial charge in [0.05, 0.1) is 19.3 Å². The fourth-order valence-electron chi connectivity index (χ4n) is 1.79. The Morgan fingerprint density at radius 1 is 0.684 bits per heavy atom. The fourth-order valence-corrected chi connectivity index (χ4v) is 1.79. The molecule has 0 heterocycles. The van der Waals surface area contributed by atoms with E-state index in [4.69, 9.17) is 20.4 Å². The summed E-state index contributed by atoms with van der Waals surface area (Å²) < 4.78 is 0. The van der Waals surface area contributed by atoms with E-state index in [1.165, 1.54) is 0 Å². The molecule has 0 unspecified atom stereocenters. The zero-order valence-corrected chi connectivity index (χ0v) is 9.46. The first-order chi connectivity index (χ1) is 8.17. The second-order valence-electron chi connectivity index (χ2n) is 4.11. The van der Waals surface area contributed by atoms with E-state index in [1.54, 1.807) is 0 Å². The molecule has 0 spiro atoms. The van der Waals surface area contributed by atoms with Gasteiger partial charge in [0.15, 0.2) is 0 Å². The van der Waals surface area contributed by atoms with Gasteiger partial charge in [-0.1, -0.05) is 0 Å². The number of hydrogen-bond acceptors (Lipinski definition) is 4. The summed E-state index contributed by atoms with van der Waals surface area (Å²) in [6.07, 6.45) is -2.88. The predicted molar refractivity (Wildman–Crippen MR) is 63.2 cm³/mol. The van der Waals surface area contributed by atoms with Crippen molar-refractivity contribution in [1.82, 2.24) is 0 Å². The zero-order valence-electron chi connectivity index (χ0n) is 9.46. The van der Waals surface area contributed by atoms with Crippen molar-refractivity contribution in [3.8, 4) is 0 Å². The van der Waals surface area contributed by atoms with Crippen LogP contribution in [-0.2, 0) is 19.2 Å². The second-order valence-corrected chi connectivity index (χ2v) is 4.11. The first-order valence-corrected chi connectivity index (χ1v) is 5.04. The van der Waals surface area contributed by atoms with Crippen LogP contribution in [0.15, 0.2) is 0 Å². The van der Waals surface area contributed by atoms with E-state index in [0.717, 1.165) is 0 Å². The van der Waals surface area contributed by atoms with Crippen molar-refractivity contribution < 1.29 is 39.6 Å². The first kappa shape index (κ1) is 20.2. The molecule has 0 aliphatic rings. The molecule has 0 atom stereocenters. The van der Waals surface area contributed by atoms with Gasteiger partial charge in [0.2, 0.25) is 0 Å². The molecular weight excluding hydrogens is 271 g/mol. The number of hydrogen-bond donors (Lipinski definition) is 4. The standard InChI is InChI=1S/C10H14O8.Na.H/c11-6(12)1-2-10(3-7(13)14,4-8(15)16)5-9(17)18;;/h1-5H2,(H,11,12)(H,13,14)(H,15,16)(H,17,18);;. The third-order valence-electron chi connectivity index (χ3n) is 2.45. The summed E-state index contributed by atoms with van der Waals surface area (Å²) in [6.45, 7) is 0. The van der Waals surface area contributed by atoms with Gasteiger partial charge in [0.1, 0.15) is 0 Å². The van der Waals surface area contributed by atoms with Crippen LogP contribution in [0.5, 0.6) is 0 Å². The van der Waals surface area contributed by atoms with Crippen molar-refractivity contribution in [2.75, 3.05) is 0 Å². The third-order valence-corrected chi connectivity index (χ3v) is 2.45. The summed E-state index contributed by atoms with van der Waals surface area (Å²) in [4.78, 5) is 42.5. The molecule has 0 saturated carbocycles. The molecule has 0 aliphatic carbocycles. The maximum absolute atomic E-state index is 10.7. The van der Waals surface area contributed by atoms with Gasteiger partial charge in [0.25, 0.3) is 0 Å². The average Bonchev–Trinajstić information content (AvgIpc) is 2.11. The van der Waals surface area contributed by atoms with Gasteiger partial charge in [-0.2, -0.15) is 0 Å². The molecule has 0 fully saturated rings. The zero-order chi connectivity index (χ0) is 14.3. The van der Waals surface area contributed by atoms with Gasteiger partial charge in [-0.3, -0.25) is 19.2 Å². The molecule has 9 heteroatoms. The molecule has 8 nitrogen and oxygen atoms in total. The van der Waals surface area contributed by atoms with E-state index >= 15 is 0 Å². The quantitative estimate of drug-likeness (QED) is 0.419. The number of aliphatic carboxylic acids is 4. The molecule has 0 aliphatic heterocycles. The Balaban J connectivity index is 0. The van der Waals surface area contributed by atoms with Gasteiger partial charge >= 0.3 is 53.4 Å². The van der Waals surface area contributed by atoms with E-state index in [1.807, 2.05) is 0 Å². The molecule has 0 bridgehead atoms. The van der Waals surface area contributed by atoms with Crippen LogP contribution in [0.2, 0.25) is 0 Å². The molecule has 0 saturated heterocycles. The summed E-state index contributed by atoms with van der Waals surface area (Å²) in [5.41, 5.74) is -1.58. The molecule has 0 aromatic heterocycles. The Kier molecular flexibility index (Phi) is 9.45. The van der Waals surface area contributed by atoms with E-state index in [9.17, 15) is 19.2 Å². The van der Waals surface area contributed by atoms with Crippen LogP contribution in [-0.4, -0.2) is 73.9 Å². The Bertz CT molecular complexity index is 324. The molecule has 0 aromatic rings. The van der Waals surface area contributed by atoms with Gasteiger partial charge in [-0.05, 0) is 6.42 Å². The minimum atomic E-state index is -1.58. The van der Waals surface area contributed by atoms with Gasteiger partial charge in [0, 0.05) is 11.8 Å². The van der Waals surface area contributed by atoms with Crippen LogP contribution in [0.25, 0.3) is 0 Å². The molecule has 104 valence electrons. The molecule has 4 N–H and O–H groups in total. The van der Waals surface area contributed by atoms with E-state index in [2.05, 4.69) is 0 Å². The molecule has 0 radical (unpaired) electrons. The normalized spacial score (nSPS) is 10.3. The van der Waals surface area contributed by atoms with Gasteiger partial charge in [-0.15, -0.1) is 0 Å². The topological polar surface area (TPSA) is 149 Å². The summed E-state index contributed by atoms with van der Waals surface area (Å²) in [6, 6.07) is 0. The van der Waals surface area contributed by atoms with E-state index < -0.39 is 55.0 Å². The number of rotatable bonds is 9. The van der Waals surface area contributed by atoms with Crippen molar-refractivity contribution in [3.63, 3.8) is 0 Å². The summed E-state index contributed by atoms with van der Waals surface area (Å²) >= 11 is 0. The Morgan fingerprint density at radius 2 is 1.00 bits per heavy atom. The van der Waals surface area contributed by atoms with Crippen LogP contribution < -0.4 is 0 Å². The SMILES string of the molecule is O=C(O)CCC(CC(=O)O)(CC(=O)O)CC(=O)O.[NaH]. The predicted octanol–water partition coefficient (Wildman–Crippen LogP) is -0.387. The van der Waals surface area contributed by atoms with Gasteiger partial charge < -0.3 is 20.4 Å². The fraction of sp³-hybridized carbons (Fsp3) is 0.600. The van der Waals surface area contributed by atoms with Crippen molar-refractivity contribution in [3.05, 3.63) is 0 Å². The number of carboxylic acids is 4. The van der Waals surface area contributed by atoms with E-state index in [-0.39, 0.29) is 36.0 Å². The van der Waals surface area contributed by atoms with Gasteiger partial charge in [-0.25, -0.2) is 0 Å². The second kappa shape index (κ2) is 8.89. The summed E-state index contributed by atoms with van der Waals surface area (Å²) in [5.74, 6) is -5.31. The van der Waals surface area contributed by atoms with Crippen molar-refractivity contribution in [1.29, 1.82) is 0 Å². The van der Waals surface area contributed by atoms with Crippen LogP contribution in [0.3, 0.4) is 0 Å². The Morgan fingerprint density at radius 3 is 1.21 bits per heavy atom. The van der Waals surface area contributed by atoms with E-state index in [0.29, 0.717) is 0 Å². The molecule has 19 heavy (non-hydrogen) atoms. The third kappa shape index (κ3) is 9.46. The molecular formula is C10H15NaO8. The van der Waals surface area contributed by atoms with Crippen molar-refractivity contribution in [2.45, 2.75) is 32.1 Å². The molecule has 0 rings (SSSR count). The van der Waals surface area contributed by atoms with Crippen molar-refractivity contribution >= 4 is 53.4 Å². The maximum atomic E-state index is 10.7. The summed E-state index contributed by atoms with van der Waals surface area (Å²) in [5, 5.41) is 34.7. The van der Waals surface area contributed by atoms with Crippen molar-refractivity contribution in [2.24, 2.45) is 5.41 Å². The number of carboxylic acid groups (broad SMARTS) is 4. The van der Waals surface area contributed by atoms with Crippen LogP contribution in [0, 0.1) is 5.41 Å². The van der Waals surface area contributed by atoms with Crippen LogP contribution >= 0.6 is 0 Å². The van der Waals surface area contributed by atoms with Crippen LogP contribution in [0.1, 0.15) is 32.1 Å². The average molecular weight is 286 g/mol. The Hall–Kier alpha value is -1.12. The molecule has 0 amide bonds. The molecule has 0 aromatic carbocycles.